The fraction of sp³-hybridized carbons (Fsp3) is 1.00. The molecular weight excluding hydrogens is 162 g/mol. The van der Waals surface area contributed by atoms with Crippen LogP contribution in [0.3, 0.4) is 0 Å². The Morgan fingerprint density at radius 2 is 1.69 bits per heavy atom. The van der Waals surface area contributed by atoms with Crippen LogP contribution in [0.1, 0.15) is 32.1 Å². The van der Waals surface area contributed by atoms with Crippen molar-refractivity contribution in [3.05, 3.63) is 0 Å². The van der Waals surface area contributed by atoms with Crippen LogP contribution in [0.15, 0.2) is 0 Å². The van der Waals surface area contributed by atoms with Crippen molar-refractivity contribution in [1.29, 1.82) is 0 Å². The third-order valence-electron chi connectivity index (χ3n) is 3.75. The smallest absolute Gasteiger partial charge is 0.0462 e. The van der Waals surface area contributed by atoms with Gasteiger partial charge in [-0.3, -0.25) is 0 Å². The maximum atomic E-state index is 9.07. The summed E-state index contributed by atoms with van der Waals surface area (Å²) >= 11 is 0. The first-order chi connectivity index (χ1) is 6.40. The third-order valence-corrected chi connectivity index (χ3v) is 3.75. The van der Waals surface area contributed by atoms with E-state index < -0.39 is 0 Å². The number of nitrogens with zero attached hydrogens (tertiary/aromatic N) is 1. The lowest BCUT2D eigenvalue weighted by Crippen LogP contribution is -2.41. The zero-order valence-electron chi connectivity index (χ0n) is 8.41. The summed E-state index contributed by atoms with van der Waals surface area (Å²) in [7, 11) is 0. The van der Waals surface area contributed by atoms with Crippen LogP contribution in [0, 0.1) is 11.8 Å². The molecule has 1 aliphatic heterocycles. The summed E-state index contributed by atoms with van der Waals surface area (Å²) in [6.07, 6.45) is 6.80. The van der Waals surface area contributed by atoms with Crippen LogP contribution < -0.4 is 0 Å². The van der Waals surface area contributed by atoms with Gasteiger partial charge in [-0.2, -0.15) is 0 Å². The summed E-state index contributed by atoms with van der Waals surface area (Å²) in [6.45, 7) is 4.27. The minimum atomic E-state index is 0.415. The van der Waals surface area contributed by atoms with Crippen molar-refractivity contribution in [3.63, 3.8) is 0 Å². The lowest BCUT2D eigenvalue weighted by molar-refractivity contribution is 0.0538. The van der Waals surface area contributed by atoms with Crippen LogP contribution in [-0.4, -0.2) is 36.2 Å². The van der Waals surface area contributed by atoms with Crippen molar-refractivity contribution >= 4 is 0 Å². The number of aliphatic hydroxyl groups is 1. The molecule has 1 saturated carbocycles. The Labute approximate surface area is 80.9 Å². The van der Waals surface area contributed by atoms with E-state index in [-0.39, 0.29) is 0 Å². The van der Waals surface area contributed by atoms with Gasteiger partial charge < -0.3 is 10.0 Å². The van der Waals surface area contributed by atoms with E-state index in [1.807, 2.05) is 0 Å². The molecule has 0 aromatic heterocycles. The van der Waals surface area contributed by atoms with Gasteiger partial charge in [-0.25, -0.2) is 0 Å². The molecule has 0 spiro atoms. The second-order valence-electron chi connectivity index (χ2n) is 4.64. The minimum absolute atomic E-state index is 0.415. The number of piperidine rings is 1. The summed E-state index contributed by atoms with van der Waals surface area (Å²) in [5, 5.41) is 9.07. The van der Waals surface area contributed by atoms with E-state index >= 15 is 0 Å². The highest BCUT2D eigenvalue weighted by Crippen LogP contribution is 2.34. The first kappa shape index (κ1) is 9.47. The summed E-state index contributed by atoms with van der Waals surface area (Å²) in [5.74, 6) is 1.44. The average molecular weight is 183 g/mol. The number of likely N-dealkylation sites (tertiary alicyclic amines) is 1. The molecule has 0 aromatic carbocycles. The normalized spacial score (nSPS) is 35.8. The zero-order chi connectivity index (χ0) is 9.10. The number of rotatable bonds is 3. The van der Waals surface area contributed by atoms with Gasteiger partial charge in [0.15, 0.2) is 0 Å². The SMILES string of the molecule is OCC1CCC1CN1CCCCC1. The molecule has 2 atom stereocenters. The molecule has 1 heterocycles. The van der Waals surface area contributed by atoms with E-state index in [1.54, 1.807) is 0 Å². The van der Waals surface area contributed by atoms with Crippen LogP contribution in [0.25, 0.3) is 0 Å². The monoisotopic (exact) mass is 183 g/mol. The zero-order valence-corrected chi connectivity index (χ0v) is 8.41. The van der Waals surface area contributed by atoms with Crippen molar-refractivity contribution in [2.45, 2.75) is 32.1 Å². The Hall–Kier alpha value is -0.0800. The predicted molar refractivity (Wildman–Crippen MR) is 53.6 cm³/mol. The molecule has 2 heteroatoms. The van der Waals surface area contributed by atoms with Crippen molar-refractivity contribution in [1.82, 2.24) is 4.90 Å². The van der Waals surface area contributed by atoms with Crippen LogP contribution >= 0.6 is 0 Å². The van der Waals surface area contributed by atoms with Gasteiger partial charge in [-0.05, 0) is 50.6 Å². The van der Waals surface area contributed by atoms with Crippen LogP contribution in [-0.2, 0) is 0 Å². The van der Waals surface area contributed by atoms with Gasteiger partial charge in [0.05, 0.1) is 0 Å². The van der Waals surface area contributed by atoms with Gasteiger partial charge in [-0.1, -0.05) is 6.42 Å². The summed E-state index contributed by atoms with van der Waals surface area (Å²) < 4.78 is 0. The van der Waals surface area contributed by atoms with Gasteiger partial charge >= 0.3 is 0 Å². The van der Waals surface area contributed by atoms with Crippen LogP contribution in [0.5, 0.6) is 0 Å². The molecule has 0 radical (unpaired) electrons. The number of hydrogen-bond donors (Lipinski definition) is 1. The fourth-order valence-corrected chi connectivity index (χ4v) is 2.59. The highest BCUT2D eigenvalue weighted by atomic mass is 16.3. The van der Waals surface area contributed by atoms with Gasteiger partial charge in [0.25, 0.3) is 0 Å². The van der Waals surface area contributed by atoms with E-state index in [0.29, 0.717) is 12.5 Å². The quantitative estimate of drug-likeness (QED) is 0.716. The molecule has 0 amide bonds. The third kappa shape index (κ3) is 2.23. The number of aliphatic hydroxyl groups excluding tert-OH is 1. The molecule has 13 heavy (non-hydrogen) atoms. The fourth-order valence-electron chi connectivity index (χ4n) is 2.59. The number of hydrogen-bond acceptors (Lipinski definition) is 2. The first-order valence-electron chi connectivity index (χ1n) is 5.73. The topological polar surface area (TPSA) is 23.5 Å². The van der Waals surface area contributed by atoms with E-state index in [4.69, 9.17) is 5.11 Å². The molecule has 76 valence electrons. The maximum absolute atomic E-state index is 9.07. The summed E-state index contributed by atoms with van der Waals surface area (Å²) in [5.41, 5.74) is 0. The molecule has 1 N–H and O–H groups in total. The summed E-state index contributed by atoms with van der Waals surface area (Å²) in [6, 6.07) is 0. The van der Waals surface area contributed by atoms with Gasteiger partial charge in [0, 0.05) is 13.2 Å². The van der Waals surface area contributed by atoms with Gasteiger partial charge in [-0.15, -0.1) is 0 Å². The second kappa shape index (κ2) is 4.43. The van der Waals surface area contributed by atoms with Crippen molar-refractivity contribution in [2.24, 2.45) is 11.8 Å². The Morgan fingerprint density at radius 3 is 2.23 bits per heavy atom. The van der Waals surface area contributed by atoms with E-state index in [9.17, 15) is 0 Å². The Morgan fingerprint density at radius 1 is 1.00 bits per heavy atom. The highest BCUT2D eigenvalue weighted by molar-refractivity contribution is 4.83. The van der Waals surface area contributed by atoms with Crippen LogP contribution in [0.4, 0.5) is 0 Å². The molecule has 2 nitrogen and oxygen atoms in total. The Balaban J connectivity index is 1.70. The standard InChI is InChI=1S/C11H21NO/c13-9-11-5-4-10(11)8-12-6-2-1-3-7-12/h10-11,13H,1-9H2. The molecule has 2 unspecified atom stereocenters. The van der Waals surface area contributed by atoms with Crippen molar-refractivity contribution in [3.8, 4) is 0 Å². The second-order valence-corrected chi connectivity index (χ2v) is 4.64. The molecule has 1 aliphatic carbocycles. The van der Waals surface area contributed by atoms with Crippen LogP contribution in [0.2, 0.25) is 0 Å². The maximum Gasteiger partial charge on any atom is 0.0462 e. The molecule has 2 rings (SSSR count). The largest absolute Gasteiger partial charge is 0.396 e. The minimum Gasteiger partial charge on any atom is -0.396 e. The lowest BCUT2D eigenvalue weighted by Gasteiger charge is -2.40. The van der Waals surface area contributed by atoms with Gasteiger partial charge in [0.1, 0.15) is 0 Å². The molecule has 0 bridgehead atoms. The molecule has 0 aromatic rings. The first-order valence-corrected chi connectivity index (χ1v) is 5.73. The highest BCUT2D eigenvalue weighted by Gasteiger charge is 2.31. The average Bonchev–Trinajstić information content (AvgIpc) is 2.15. The van der Waals surface area contributed by atoms with E-state index in [0.717, 1.165) is 5.92 Å². The molecule has 1 saturated heterocycles. The Bertz CT molecular complexity index is 152. The molecular formula is C11H21NO. The predicted octanol–water partition coefficient (Wildman–Crippen LogP) is 1.49. The van der Waals surface area contributed by atoms with E-state index in [2.05, 4.69) is 4.90 Å². The van der Waals surface area contributed by atoms with E-state index in [1.165, 1.54) is 51.7 Å². The molecule has 2 aliphatic rings. The van der Waals surface area contributed by atoms with Crippen molar-refractivity contribution < 1.29 is 5.11 Å². The summed E-state index contributed by atoms with van der Waals surface area (Å²) in [4.78, 5) is 2.59. The lowest BCUT2D eigenvalue weighted by atomic mass is 9.74. The molecule has 2 fully saturated rings. The van der Waals surface area contributed by atoms with Gasteiger partial charge in [0.2, 0.25) is 0 Å². The Kier molecular flexibility index (Phi) is 3.23. The van der Waals surface area contributed by atoms with Crippen molar-refractivity contribution in [2.75, 3.05) is 26.2 Å².